The van der Waals surface area contributed by atoms with Crippen molar-refractivity contribution in [1.82, 2.24) is 0 Å². The highest BCUT2D eigenvalue weighted by Crippen LogP contribution is 2.31. The molecule has 0 aliphatic rings. The van der Waals surface area contributed by atoms with Gasteiger partial charge in [-0.25, -0.2) is 0 Å². The Balaban J connectivity index is 2.76. The van der Waals surface area contributed by atoms with Crippen LogP contribution in [-0.2, 0) is 5.88 Å². The average Bonchev–Trinajstić information content (AvgIpc) is 2.58. The van der Waals surface area contributed by atoms with Crippen LogP contribution in [0.25, 0.3) is 10.1 Å². The number of hydrogen-bond donors (Lipinski definition) is 0. The summed E-state index contributed by atoms with van der Waals surface area (Å²) in [6, 6.07) is 3.83. The minimum absolute atomic E-state index is 0.486. The van der Waals surface area contributed by atoms with E-state index in [1.807, 2.05) is 17.5 Å². The van der Waals surface area contributed by atoms with Gasteiger partial charge in [0.25, 0.3) is 0 Å². The zero-order valence-corrected chi connectivity index (χ0v) is 10.2. The second kappa shape index (κ2) is 4.01. The predicted molar refractivity (Wildman–Crippen MR) is 64.5 cm³/mol. The van der Waals surface area contributed by atoms with E-state index < -0.39 is 0 Å². The van der Waals surface area contributed by atoms with Gasteiger partial charge in [-0.05, 0) is 28.5 Å². The normalized spacial score (nSPS) is 10.7. The summed E-state index contributed by atoms with van der Waals surface area (Å²) < 4.78 is 1.99. The third-order valence-electron chi connectivity index (χ3n) is 2.04. The van der Waals surface area contributed by atoms with Crippen LogP contribution in [0.1, 0.15) is 15.9 Å². The third-order valence-corrected chi connectivity index (χ3v) is 4.01. The van der Waals surface area contributed by atoms with Crippen LogP contribution >= 0.6 is 38.9 Å². The van der Waals surface area contributed by atoms with Gasteiger partial charge >= 0.3 is 0 Å². The molecule has 0 aliphatic carbocycles. The Bertz CT molecular complexity index is 492. The van der Waals surface area contributed by atoms with E-state index in [-0.39, 0.29) is 0 Å². The molecule has 0 atom stereocenters. The summed E-state index contributed by atoms with van der Waals surface area (Å²) in [5.41, 5.74) is 1.75. The SMILES string of the molecule is O=Cc1cc2c(CCl)csc2cc1Br. The van der Waals surface area contributed by atoms with E-state index in [4.69, 9.17) is 11.6 Å². The van der Waals surface area contributed by atoms with E-state index >= 15 is 0 Å². The molecule has 1 nitrogen and oxygen atoms in total. The van der Waals surface area contributed by atoms with Crippen LogP contribution in [0.15, 0.2) is 22.0 Å². The first-order valence-electron chi connectivity index (χ1n) is 3.97. The number of carbonyl (C=O) groups is 1. The van der Waals surface area contributed by atoms with Crippen molar-refractivity contribution in [2.45, 2.75) is 5.88 Å². The standard InChI is InChI=1S/C10H6BrClOS/c11-9-2-10-8(1-6(9)4-13)7(3-12)5-14-10/h1-2,4-5H,3H2. The van der Waals surface area contributed by atoms with Gasteiger partial charge in [0.1, 0.15) is 0 Å². The zero-order valence-electron chi connectivity index (χ0n) is 7.09. The van der Waals surface area contributed by atoms with Gasteiger partial charge < -0.3 is 0 Å². The number of benzene rings is 1. The number of hydrogen-bond acceptors (Lipinski definition) is 2. The maximum Gasteiger partial charge on any atom is 0.151 e. The Kier molecular flexibility index (Phi) is 2.91. The van der Waals surface area contributed by atoms with E-state index in [1.54, 1.807) is 11.3 Å². The molecule has 0 saturated carbocycles. The molecule has 0 radical (unpaired) electrons. The average molecular weight is 290 g/mol. The van der Waals surface area contributed by atoms with E-state index in [0.717, 1.165) is 26.4 Å². The zero-order chi connectivity index (χ0) is 10.1. The van der Waals surface area contributed by atoms with Crippen molar-refractivity contribution in [3.8, 4) is 0 Å². The van der Waals surface area contributed by atoms with E-state index in [9.17, 15) is 4.79 Å². The van der Waals surface area contributed by atoms with Gasteiger partial charge in [0.2, 0.25) is 0 Å². The van der Waals surface area contributed by atoms with Gasteiger partial charge in [-0.2, -0.15) is 0 Å². The van der Waals surface area contributed by atoms with Crippen molar-refractivity contribution >= 4 is 55.2 Å². The molecule has 0 spiro atoms. The Labute approximate surface area is 98.8 Å². The van der Waals surface area contributed by atoms with E-state index in [0.29, 0.717) is 11.4 Å². The summed E-state index contributed by atoms with van der Waals surface area (Å²) in [5, 5.41) is 3.11. The van der Waals surface area contributed by atoms with Crippen LogP contribution < -0.4 is 0 Å². The quantitative estimate of drug-likeness (QED) is 0.598. The lowest BCUT2D eigenvalue weighted by molar-refractivity contribution is 0.112. The van der Waals surface area contributed by atoms with Crippen LogP contribution in [0.4, 0.5) is 0 Å². The second-order valence-electron chi connectivity index (χ2n) is 2.88. The van der Waals surface area contributed by atoms with Crippen molar-refractivity contribution in [3.63, 3.8) is 0 Å². The van der Waals surface area contributed by atoms with Gasteiger partial charge in [0, 0.05) is 20.6 Å². The topological polar surface area (TPSA) is 17.1 Å². The summed E-state index contributed by atoms with van der Waals surface area (Å²) in [6.45, 7) is 0. The van der Waals surface area contributed by atoms with Crippen molar-refractivity contribution in [2.24, 2.45) is 0 Å². The Hall–Kier alpha value is -0.380. The van der Waals surface area contributed by atoms with Gasteiger partial charge in [-0.1, -0.05) is 15.9 Å². The van der Waals surface area contributed by atoms with Crippen molar-refractivity contribution in [3.05, 3.63) is 33.1 Å². The molecule has 0 fully saturated rings. The van der Waals surface area contributed by atoms with Crippen molar-refractivity contribution < 1.29 is 4.79 Å². The minimum atomic E-state index is 0.486. The summed E-state index contributed by atoms with van der Waals surface area (Å²) >= 11 is 10.8. The van der Waals surface area contributed by atoms with Gasteiger partial charge in [0.15, 0.2) is 6.29 Å². The van der Waals surface area contributed by atoms with Crippen LogP contribution in [0.3, 0.4) is 0 Å². The fraction of sp³-hybridized carbons (Fsp3) is 0.100. The van der Waals surface area contributed by atoms with Gasteiger partial charge in [-0.3, -0.25) is 4.79 Å². The molecule has 1 aromatic carbocycles. The molecule has 72 valence electrons. The maximum absolute atomic E-state index is 10.7. The first kappa shape index (κ1) is 10.1. The molecule has 2 rings (SSSR count). The number of alkyl halides is 1. The van der Waals surface area contributed by atoms with Gasteiger partial charge in [0.05, 0.1) is 0 Å². The van der Waals surface area contributed by atoms with Gasteiger partial charge in [-0.15, -0.1) is 22.9 Å². The maximum atomic E-state index is 10.7. The lowest BCUT2D eigenvalue weighted by Crippen LogP contribution is -1.82. The molecular formula is C10H6BrClOS. The van der Waals surface area contributed by atoms with Crippen LogP contribution in [0, 0.1) is 0 Å². The Morgan fingerprint density at radius 2 is 2.29 bits per heavy atom. The van der Waals surface area contributed by atoms with Crippen LogP contribution in [0.2, 0.25) is 0 Å². The fourth-order valence-corrected chi connectivity index (χ4v) is 3.20. The number of aldehydes is 1. The molecule has 0 saturated heterocycles. The van der Waals surface area contributed by atoms with Crippen LogP contribution in [0.5, 0.6) is 0 Å². The summed E-state index contributed by atoms with van der Waals surface area (Å²) in [7, 11) is 0. The lowest BCUT2D eigenvalue weighted by atomic mass is 10.1. The van der Waals surface area contributed by atoms with E-state index in [2.05, 4.69) is 15.9 Å². The highest BCUT2D eigenvalue weighted by Gasteiger charge is 2.07. The summed E-state index contributed by atoms with van der Waals surface area (Å²) in [6.07, 6.45) is 0.846. The summed E-state index contributed by atoms with van der Waals surface area (Å²) in [5.74, 6) is 0.486. The van der Waals surface area contributed by atoms with Crippen molar-refractivity contribution in [2.75, 3.05) is 0 Å². The smallest absolute Gasteiger partial charge is 0.151 e. The number of thiophene rings is 1. The second-order valence-corrected chi connectivity index (χ2v) is 4.92. The fourth-order valence-electron chi connectivity index (χ4n) is 1.31. The molecule has 1 heterocycles. The number of rotatable bonds is 2. The summed E-state index contributed by atoms with van der Waals surface area (Å²) in [4.78, 5) is 10.7. The lowest BCUT2D eigenvalue weighted by Gasteiger charge is -1.98. The highest BCUT2D eigenvalue weighted by atomic mass is 79.9. The minimum Gasteiger partial charge on any atom is -0.298 e. The number of carbonyl (C=O) groups excluding carboxylic acids is 1. The molecule has 0 unspecified atom stereocenters. The molecule has 14 heavy (non-hydrogen) atoms. The van der Waals surface area contributed by atoms with E-state index in [1.165, 1.54) is 0 Å². The molecule has 4 heteroatoms. The van der Waals surface area contributed by atoms with Crippen LogP contribution in [-0.4, -0.2) is 6.29 Å². The molecule has 2 aromatic rings. The highest BCUT2D eigenvalue weighted by molar-refractivity contribution is 9.10. The molecule has 0 amide bonds. The van der Waals surface area contributed by atoms with Crippen molar-refractivity contribution in [1.29, 1.82) is 0 Å². The molecule has 0 aliphatic heterocycles. The molecule has 1 aromatic heterocycles. The molecule has 0 N–H and O–H groups in total. The first-order chi connectivity index (χ1) is 6.76. The number of halogens is 2. The Morgan fingerprint density at radius 3 is 2.93 bits per heavy atom. The monoisotopic (exact) mass is 288 g/mol. The first-order valence-corrected chi connectivity index (χ1v) is 6.17. The Morgan fingerprint density at radius 1 is 1.50 bits per heavy atom. The molecular weight excluding hydrogens is 284 g/mol. The number of fused-ring (bicyclic) bond motifs is 1. The third kappa shape index (κ3) is 1.60. The largest absolute Gasteiger partial charge is 0.298 e. The predicted octanol–water partition coefficient (Wildman–Crippen LogP) is 4.22. The molecule has 0 bridgehead atoms.